The van der Waals surface area contributed by atoms with Gasteiger partial charge in [0.05, 0.1) is 13.1 Å². The number of anilines is 1. The number of hydrogen-bond donors (Lipinski definition) is 2. The first-order valence-electron chi connectivity index (χ1n) is 7.82. The van der Waals surface area contributed by atoms with Crippen molar-refractivity contribution in [3.05, 3.63) is 29.3 Å². The Labute approximate surface area is 122 Å². The second kappa shape index (κ2) is 6.89. The molecule has 1 aromatic carbocycles. The number of rotatable bonds is 4. The summed E-state index contributed by atoms with van der Waals surface area (Å²) in [6.07, 6.45) is 3.50. The van der Waals surface area contributed by atoms with E-state index in [-0.39, 0.29) is 5.91 Å². The zero-order valence-electron chi connectivity index (χ0n) is 13.0. The van der Waals surface area contributed by atoms with E-state index >= 15 is 0 Å². The molecule has 1 saturated heterocycles. The summed E-state index contributed by atoms with van der Waals surface area (Å²) in [7, 11) is 0. The zero-order chi connectivity index (χ0) is 14.5. The van der Waals surface area contributed by atoms with E-state index in [9.17, 15) is 4.79 Å². The quantitative estimate of drug-likeness (QED) is 0.863. The highest BCUT2D eigenvalue weighted by molar-refractivity contribution is 5.93. The highest BCUT2D eigenvalue weighted by atomic mass is 16.2. The molecule has 1 amide bonds. The summed E-state index contributed by atoms with van der Waals surface area (Å²) < 4.78 is 0. The summed E-state index contributed by atoms with van der Waals surface area (Å²) in [5.74, 6) is 0.898. The third kappa shape index (κ3) is 3.83. The van der Waals surface area contributed by atoms with Crippen molar-refractivity contribution < 1.29 is 9.69 Å². The largest absolute Gasteiger partial charge is 0.327 e. The molecule has 1 fully saturated rings. The van der Waals surface area contributed by atoms with Gasteiger partial charge in [-0.3, -0.25) is 4.79 Å². The fourth-order valence-corrected chi connectivity index (χ4v) is 3.17. The minimum atomic E-state index is 0.151. The lowest BCUT2D eigenvalue weighted by atomic mass is 10.0. The third-order valence-corrected chi connectivity index (χ3v) is 4.28. The first kappa shape index (κ1) is 15.0. The number of likely N-dealkylation sites (tertiary alicyclic amines) is 1. The minimum Gasteiger partial charge on any atom is -0.327 e. The van der Waals surface area contributed by atoms with E-state index in [4.69, 9.17) is 0 Å². The van der Waals surface area contributed by atoms with Crippen molar-refractivity contribution in [2.45, 2.75) is 40.0 Å². The molecule has 0 bridgehead atoms. The van der Waals surface area contributed by atoms with Crippen LogP contribution in [0.4, 0.5) is 5.69 Å². The van der Waals surface area contributed by atoms with Crippen LogP contribution in [0.25, 0.3) is 0 Å². The van der Waals surface area contributed by atoms with Crippen LogP contribution < -0.4 is 10.2 Å². The lowest BCUT2D eigenvalue weighted by Crippen LogP contribution is -3.14. The van der Waals surface area contributed by atoms with Crippen LogP contribution in [0, 0.1) is 12.8 Å². The number of hydrogen-bond acceptors (Lipinski definition) is 1. The number of quaternary nitrogens is 1. The smallest absolute Gasteiger partial charge is 0.279 e. The average molecular weight is 275 g/mol. The Morgan fingerprint density at radius 3 is 2.95 bits per heavy atom. The van der Waals surface area contributed by atoms with E-state index in [1.165, 1.54) is 23.3 Å². The molecular weight excluding hydrogens is 248 g/mol. The molecule has 0 aliphatic carbocycles. The molecular formula is C17H27N2O+. The molecule has 110 valence electrons. The number of nitrogens with one attached hydrogen (secondary N) is 2. The molecule has 1 aromatic rings. The molecule has 0 radical (unpaired) electrons. The molecule has 20 heavy (non-hydrogen) atoms. The fraction of sp³-hybridized carbons (Fsp3) is 0.588. The highest BCUT2D eigenvalue weighted by Crippen LogP contribution is 2.20. The van der Waals surface area contributed by atoms with E-state index in [0.29, 0.717) is 6.54 Å². The van der Waals surface area contributed by atoms with Crippen molar-refractivity contribution in [2.75, 3.05) is 25.0 Å². The molecule has 1 aliphatic rings. The van der Waals surface area contributed by atoms with Gasteiger partial charge in [0.15, 0.2) is 6.54 Å². The Morgan fingerprint density at radius 1 is 1.45 bits per heavy atom. The molecule has 0 saturated carbocycles. The van der Waals surface area contributed by atoms with Gasteiger partial charge in [-0.2, -0.15) is 0 Å². The van der Waals surface area contributed by atoms with Gasteiger partial charge >= 0.3 is 0 Å². The molecule has 1 unspecified atom stereocenters. The van der Waals surface area contributed by atoms with Crippen molar-refractivity contribution in [3.8, 4) is 0 Å². The van der Waals surface area contributed by atoms with Crippen LogP contribution in [-0.2, 0) is 11.2 Å². The standard InChI is InChI=1S/C17H26N2O/c1-4-15-9-5-8-14(3)17(15)18-16(20)12-19-10-6-7-13(2)11-19/h5,8-9,13H,4,6-7,10-12H2,1-3H3,(H,18,20)/p+1/t13-/m0/s1. The number of piperidine rings is 1. The van der Waals surface area contributed by atoms with Crippen LogP contribution in [0.15, 0.2) is 18.2 Å². The number of aryl methyl sites for hydroxylation is 2. The van der Waals surface area contributed by atoms with Gasteiger partial charge in [-0.1, -0.05) is 32.0 Å². The van der Waals surface area contributed by atoms with Gasteiger partial charge in [0.1, 0.15) is 0 Å². The second-order valence-electron chi connectivity index (χ2n) is 6.14. The van der Waals surface area contributed by atoms with Crippen LogP contribution in [0.1, 0.15) is 37.8 Å². The molecule has 0 spiro atoms. The van der Waals surface area contributed by atoms with Crippen LogP contribution in [0.2, 0.25) is 0 Å². The fourth-order valence-electron chi connectivity index (χ4n) is 3.17. The lowest BCUT2D eigenvalue weighted by molar-refractivity contribution is -0.900. The predicted molar refractivity (Wildman–Crippen MR) is 83.1 cm³/mol. The van der Waals surface area contributed by atoms with Crippen molar-refractivity contribution in [1.29, 1.82) is 0 Å². The Kier molecular flexibility index (Phi) is 5.18. The van der Waals surface area contributed by atoms with E-state index in [2.05, 4.69) is 44.3 Å². The lowest BCUT2D eigenvalue weighted by Gasteiger charge is -2.27. The molecule has 3 heteroatoms. The number of carbonyl (C=O) groups is 1. The van der Waals surface area contributed by atoms with Crippen molar-refractivity contribution >= 4 is 11.6 Å². The van der Waals surface area contributed by atoms with Gasteiger partial charge in [-0.15, -0.1) is 0 Å². The molecule has 2 rings (SSSR count). The topological polar surface area (TPSA) is 33.5 Å². The SMILES string of the molecule is CCc1cccc(C)c1NC(=O)C[NH+]1CCC[C@H](C)C1. The summed E-state index contributed by atoms with van der Waals surface area (Å²) in [6.45, 7) is 9.33. The van der Waals surface area contributed by atoms with Crippen LogP contribution in [-0.4, -0.2) is 25.5 Å². The van der Waals surface area contributed by atoms with Gasteiger partial charge in [0, 0.05) is 11.6 Å². The summed E-state index contributed by atoms with van der Waals surface area (Å²) in [5.41, 5.74) is 3.39. The van der Waals surface area contributed by atoms with E-state index in [0.717, 1.165) is 36.7 Å². The molecule has 1 aliphatic heterocycles. The number of amides is 1. The summed E-state index contributed by atoms with van der Waals surface area (Å²) in [4.78, 5) is 13.7. The Bertz CT molecular complexity index is 470. The average Bonchev–Trinajstić information content (AvgIpc) is 2.41. The number of para-hydroxylation sites is 1. The first-order valence-corrected chi connectivity index (χ1v) is 7.82. The maximum Gasteiger partial charge on any atom is 0.279 e. The van der Waals surface area contributed by atoms with Crippen molar-refractivity contribution in [3.63, 3.8) is 0 Å². The van der Waals surface area contributed by atoms with Gasteiger partial charge in [-0.05, 0) is 37.3 Å². The normalized spacial score (nSPS) is 22.6. The monoisotopic (exact) mass is 275 g/mol. The first-order chi connectivity index (χ1) is 9.60. The van der Waals surface area contributed by atoms with Gasteiger partial charge < -0.3 is 10.2 Å². The van der Waals surface area contributed by atoms with Crippen LogP contribution in [0.3, 0.4) is 0 Å². The summed E-state index contributed by atoms with van der Waals surface area (Å²) in [5, 5.41) is 3.13. The molecule has 1 heterocycles. The van der Waals surface area contributed by atoms with Crippen LogP contribution in [0.5, 0.6) is 0 Å². The molecule has 0 aromatic heterocycles. The van der Waals surface area contributed by atoms with Gasteiger partial charge in [-0.25, -0.2) is 0 Å². The summed E-state index contributed by atoms with van der Waals surface area (Å²) >= 11 is 0. The third-order valence-electron chi connectivity index (χ3n) is 4.28. The number of carbonyl (C=O) groups excluding carboxylic acids is 1. The molecule has 2 atom stereocenters. The predicted octanol–water partition coefficient (Wildman–Crippen LogP) is 1.81. The van der Waals surface area contributed by atoms with E-state index < -0.39 is 0 Å². The van der Waals surface area contributed by atoms with Crippen LogP contribution >= 0.6 is 0 Å². The second-order valence-corrected chi connectivity index (χ2v) is 6.14. The molecule has 2 N–H and O–H groups in total. The Hall–Kier alpha value is -1.35. The van der Waals surface area contributed by atoms with E-state index in [1.54, 1.807) is 0 Å². The molecule has 3 nitrogen and oxygen atoms in total. The highest BCUT2D eigenvalue weighted by Gasteiger charge is 2.22. The zero-order valence-corrected chi connectivity index (χ0v) is 13.0. The Morgan fingerprint density at radius 2 is 2.25 bits per heavy atom. The van der Waals surface area contributed by atoms with Crippen molar-refractivity contribution in [2.24, 2.45) is 5.92 Å². The van der Waals surface area contributed by atoms with Gasteiger partial charge in [0.25, 0.3) is 5.91 Å². The summed E-state index contributed by atoms with van der Waals surface area (Å²) in [6, 6.07) is 6.21. The maximum absolute atomic E-state index is 12.3. The van der Waals surface area contributed by atoms with E-state index in [1.807, 2.05) is 0 Å². The number of benzene rings is 1. The Balaban J connectivity index is 1.98. The maximum atomic E-state index is 12.3. The van der Waals surface area contributed by atoms with Gasteiger partial charge in [0.2, 0.25) is 0 Å². The minimum absolute atomic E-state index is 0.151. The van der Waals surface area contributed by atoms with Crippen molar-refractivity contribution in [1.82, 2.24) is 0 Å².